The van der Waals surface area contributed by atoms with Gasteiger partial charge in [-0.1, -0.05) is 20.8 Å². The van der Waals surface area contributed by atoms with Gasteiger partial charge in [-0.25, -0.2) is 4.39 Å². The number of carbonyl (C=O) groups is 1. The van der Waals surface area contributed by atoms with Crippen LogP contribution in [0.4, 0.5) is 4.39 Å². The highest BCUT2D eigenvalue weighted by Crippen LogP contribution is 2.17. The Balaban J connectivity index is 3.52. The van der Waals surface area contributed by atoms with E-state index in [2.05, 4.69) is 17.6 Å². The van der Waals surface area contributed by atoms with Crippen molar-refractivity contribution in [1.29, 1.82) is 0 Å². The Bertz CT molecular complexity index is 384. The van der Waals surface area contributed by atoms with Gasteiger partial charge in [0.15, 0.2) is 0 Å². The molecule has 0 aromatic heterocycles. The van der Waals surface area contributed by atoms with Crippen molar-refractivity contribution in [2.24, 2.45) is 5.92 Å². The summed E-state index contributed by atoms with van der Waals surface area (Å²) >= 11 is 0. The van der Waals surface area contributed by atoms with Crippen LogP contribution in [0.5, 0.6) is 0 Å². The molecule has 0 aliphatic carbocycles. The van der Waals surface area contributed by atoms with Gasteiger partial charge < -0.3 is 29.6 Å². The zero-order chi connectivity index (χ0) is 21.3. The van der Waals surface area contributed by atoms with E-state index < -0.39 is 11.8 Å². The summed E-state index contributed by atoms with van der Waals surface area (Å²) in [5.41, 5.74) is -0.993. The van der Waals surface area contributed by atoms with Gasteiger partial charge in [0, 0.05) is 12.5 Å². The van der Waals surface area contributed by atoms with Crippen LogP contribution in [-0.4, -0.2) is 83.6 Å². The lowest BCUT2D eigenvalue weighted by atomic mass is 10.0. The fourth-order valence-electron chi connectivity index (χ4n) is 2.08. The minimum Gasteiger partial charge on any atom is -0.378 e. The van der Waals surface area contributed by atoms with Crippen molar-refractivity contribution < 1.29 is 28.1 Å². The van der Waals surface area contributed by atoms with Crippen LogP contribution in [0.15, 0.2) is 0 Å². The Kier molecular flexibility index (Phi) is 16.6. The monoisotopic (exact) mass is 408 g/mol. The van der Waals surface area contributed by atoms with Gasteiger partial charge in [-0.05, 0) is 26.8 Å². The van der Waals surface area contributed by atoms with Gasteiger partial charge in [-0.2, -0.15) is 0 Å². The molecule has 2 N–H and O–H groups in total. The molecule has 28 heavy (non-hydrogen) atoms. The van der Waals surface area contributed by atoms with E-state index >= 15 is 0 Å². The van der Waals surface area contributed by atoms with Crippen molar-refractivity contribution in [2.45, 2.75) is 52.8 Å². The number of carbonyl (C=O) groups excluding carboxylic acids is 1. The van der Waals surface area contributed by atoms with Gasteiger partial charge in [0.1, 0.15) is 6.17 Å². The summed E-state index contributed by atoms with van der Waals surface area (Å²) in [7, 11) is 0. The Labute approximate surface area is 170 Å². The average Bonchev–Trinajstić information content (AvgIpc) is 2.65. The van der Waals surface area contributed by atoms with Crippen LogP contribution in [0.3, 0.4) is 0 Å². The molecule has 0 aromatic carbocycles. The molecule has 0 heterocycles. The molecule has 1 unspecified atom stereocenters. The number of hydrogen-bond acceptors (Lipinski definition) is 6. The van der Waals surface area contributed by atoms with Crippen LogP contribution in [0.2, 0.25) is 0 Å². The second-order valence-electron chi connectivity index (χ2n) is 7.41. The molecule has 0 saturated heterocycles. The van der Waals surface area contributed by atoms with E-state index in [0.29, 0.717) is 39.6 Å². The van der Waals surface area contributed by atoms with Crippen LogP contribution in [0, 0.1) is 5.92 Å². The highest BCUT2D eigenvalue weighted by molar-refractivity contribution is 5.77. The first kappa shape index (κ1) is 27.2. The van der Waals surface area contributed by atoms with E-state index in [4.69, 9.17) is 18.9 Å². The quantitative estimate of drug-likeness (QED) is 0.318. The molecule has 0 bridgehead atoms. The van der Waals surface area contributed by atoms with Crippen molar-refractivity contribution in [3.8, 4) is 0 Å². The van der Waals surface area contributed by atoms with Gasteiger partial charge in [0.2, 0.25) is 5.91 Å². The molecule has 0 fully saturated rings. The van der Waals surface area contributed by atoms with Gasteiger partial charge in [0.25, 0.3) is 0 Å². The van der Waals surface area contributed by atoms with E-state index in [1.54, 1.807) is 27.7 Å². The molecular weight excluding hydrogens is 367 g/mol. The summed E-state index contributed by atoms with van der Waals surface area (Å²) < 4.78 is 36.1. The van der Waals surface area contributed by atoms with Crippen molar-refractivity contribution in [2.75, 3.05) is 65.9 Å². The minimum absolute atomic E-state index is 0.0601. The highest BCUT2D eigenvalue weighted by atomic mass is 19.1. The SMILES string of the molecule is CCCNCCOCCOCCOCCOC(C)(C)C(F)CNC(=O)C(C)C. The number of halogens is 1. The van der Waals surface area contributed by atoms with Crippen molar-refractivity contribution in [3.05, 3.63) is 0 Å². The van der Waals surface area contributed by atoms with Gasteiger partial charge in [0.05, 0.1) is 58.4 Å². The topological polar surface area (TPSA) is 78.1 Å². The maximum absolute atomic E-state index is 14.3. The van der Waals surface area contributed by atoms with Gasteiger partial charge in [-0.15, -0.1) is 0 Å². The molecular formula is C20H41FN2O5. The maximum Gasteiger partial charge on any atom is 0.222 e. The van der Waals surface area contributed by atoms with Crippen LogP contribution in [0.25, 0.3) is 0 Å². The zero-order valence-electron chi connectivity index (χ0n) is 18.4. The van der Waals surface area contributed by atoms with E-state index in [-0.39, 0.29) is 25.0 Å². The Morgan fingerprint density at radius 2 is 1.46 bits per heavy atom. The van der Waals surface area contributed by atoms with Gasteiger partial charge >= 0.3 is 0 Å². The van der Waals surface area contributed by atoms with Crippen LogP contribution < -0.4 is 10.6 Å². The fraction of sp³-hybridized carbons (Fsp3) is 0.950. The van der Waals surface area contributed by atoms with E-state index in [0.717, 1.165) is 19.5 Å². The smallest absolute Gasteiger partial charge is 0.222 e. The first-order valence-corrected chi connectivity index (χ1v) is 10.3. The number of alkyl halides is 1. The van der Waals surface area contributed by atoms with E-state index in [1.807, 2.05) is 0 Å². The summed E-state index contributed by atoms with van der Waals surface area (Å²) in [6.07, 6.45) is -0.174. The van der Waals surface area contributed by atoms with Crippen molar-refractivity contribution >= 4 is 5.91 Å². The lowest BCUT2D eigenvalue weighted by Gasteiger charge is -2.29. The molecule has 7 nitrogen and oxygen atoms in total. The molecule has 0 rings (SSSR count). The lowest BCUT2D eigenvalue weighted by Crippen LogP contribution is -2.45. The van der Waals surface area contributed by atoms with Crippen molar-refractivity contribution in [1.82, 2.24) is 10.6 Å². The first-order chi connectivity index (χ1) is 13.3. The second-order valence-corrected chi connectivity index (χ2v) is 7.41. The third kappa shape index (κ3) is 15.2. The van der Waals surface area contributed by atoms with Crippen LogP contribution in [-0.2, 0) is 23.7 Å². The first-order valence-electron chi connectivity index (χ1n) is 10.3. The average molecular weight is 409 g/mol. The number of ether oxygens (including phenoxy) is 4. The number of amides is 1. The molecule has 168 valence electrons. The standard InChI is InChI=1S/C20H41FN2O5/c1-6-7-22-8-9-25-10-11-26-12-13-27-14-15-28-20(4,5)18(21)16-23-19(24)17(2)3/h17-18,22H,6-16H2,1-5H3,(H,23,24). The third-order valence-electron chi connectivity index (χ3n) is 4.03. The largest absolute Gasteiger partial charge is 0.378 e. The molecule has 0 aromatic rings. The molecule has 0 aliphatic rings. The van der Waals surface area contributed by atoms with E-state index in [1.165, 1.54) is 0 Å². The molecule has 1 amide bonds. The highest BCUT2D eigenvalue weighted by Gasteiger charge is 2.30. The second kappa shape index (κ2) is 17.1. The number of hydrogen-bond donors (Lipinski definition) is 2. The summed E-state index contributed by atoms with van der Waals surface area (Å²) in [6.45, 7) is 14.2. The predicted molar refractivity (Wildman–Crippen MR) is 108 cm³/mol. The van der Waals surface area contributed by atoms with E-state index in [9.17, 15) is 9.18 Å². The molecule has 0 spiro atoms. The van der Waals surface area contributed by atoms with Crippen LogP contribution >= 0.6 is 0 Å². The molecule has 0 aliphatic heterocycles. The molecule has 8 heteroatoms. The number of rotatable bonds is 19. The summed E-state index contributed by atoms with van der Waals surface area (Å²) in [6, 6.07) is 0. The summed E-state index contributed by atoms with van der Waals surface area (Å²) in [5, 5.41) is 5.84. The molecule has 0 radical (unpaired) electrons. The number of nitrogens with one attached hydrogen (secondary N) is 2. The predicted octanol–water partition coefficient (Wildman–Crippen LogP) is 1.94. The minimum atomic E-state index is -1.30. The summed E-state index contributed by atoms with van der Waals surface area (Å²) in [4.78, 5) is 11.5. The summed E-state index contributed by atoms with van der Waals surface area (Å²) in [5.74, 6) is -0.332. The normalized spacial score (nSPS) is 13.1. The lowest BCUT2D eigenvalue weighted by molar-refractivity contribution is -0.125. The molecule has 1 atom stereocenters. The fourth-order valence-corrected chi connectivity index (χ4v) is 2.08. The Hall–Kier alpha value is -0.800. The van der Waals surface area contributed by atoms with Gasteiger partial charge in [-0.3, -0.25) is 4.79 Å². The zero-order valence-corrected chi connectivity index (χ0v) is 18.4. The van der Waals surface area contributed by atoms with Crippen LogP contribution in [0.1, 0.15) is 41.0 Å². The molecule has 0 saturated carbocycles. The Morgan fingerprint density at radius 3 is 2.00 bits per heavy atom. The third-order valence-corrected chi connectivity index (χ3v) is 4.03. The Morgan fingerprint density at radius 1 is 0.929 bits per heavy atom. The van der Waals surface area contributed by atoms with Crippen molar-refractivity contribution in [3.63, 3.8) is 0 Å². The maximum atomic E-state index is 14.3.